The lowest BCUT2D eigenvalue weighted by Gasteiger charge is -2.42. The molecule has 0 bridgehead atoms. The maximum absolute atomic E-state index is 13.7. The molecule has 0 unspecified atom stereocenters. The largest absolute Gasteiger partial charge is 0.507 e. The van der Waals surface area contributed by atoms with Crippen molar-refractivity contribution in [1.29, 1.82) is 0 Å². The first-order valence-corrected chi connectivity index (χ1v) is 14.3. The van der Waals surface area contributed by atoms with E-state index in [2.05, 4.69) is 22.5 Å². The van der Waals surface area contributed by atoms with Crippen LogP contribution >= 0.6 is 15.9 Å². The Kier molecular flexibility index (Phi) is 7.77. The summed E-state index contributed by atoms with van der Waals surface area (Å²) in [6.07, 6.45) is 7.37. The van der Waals surface area contributed by atoms with Crippen molar-refractivity contribution in [3.05, 3.63) is 75.3 Å². The highest BCUT2D eigenvalue weighted by Crippen LogP contribution is 2.56. The number of fused-ring (bicyclic) bond motifs is 3. The van der Waals surface area contributed by atoms with Gasteiger partial charge in [-0.15, -0.1) is 6.58 Å². The fourth-order valence-electron chi connectivity index (χ4n) is 6.73. The van der Waals surface area contributed by atoms with Crippen molar-refractivity contribution in [3.8, 4) is 5.75 Å². The number of benzene rings is 1. The number of carbonyl (C=O) groups excluding carboxylic acids is 4. The van der Waals surface area contributed by atoms with Crippen LogP contribution in [0.5, 0.6) is 5.75 Å². The lowest BCUT2D eigenvalue weighted by atomic mass is 9.59. The summed E-state index contributed by atoms with van der Waals surface area (Å²) < 4.78 is 0.149. The zero-order valence-electron chi connectivity index (χ0n) is 21.9. The average Bonchev–Trinajstić information content (AvgIpc) is 3.16. The third-order valence-corrected chi connectivity index (χ3v) is 9.11. The Morgan fingerprint density at radius 3 is 2.60 bits per heavy atom. The van der Waals surface area contributed by atoms with Gasteiger partial charge in [-0.3, -0.25) is 28.9 Å². The summed E-state index contributed by atoms with van der Waals surface area (Å²) in [5, 5.41) is 20.1. The van der Waals surface area contributed by atoms with Crippen molar-refractivity contribution >= 4 is 45.3 Å². The Morgan fingerprint density at radius 1 is 1.10 bits per heavy atom. The van der Waals surface area contributed by atoms with Gasteiger partial charge in [-0.25, -0.2) is 0 Å². The predicted molar refractivity (Wildman–Crippen MR) is 149 cm³/mol. The number of Topliss-reactive ketones (excluding diaryl/α,β-unsaturated/α-hetero) is 1. The van der Waals surface area contributed by atoms with Gasteiger partial charge in [0.25, 0.3) is 0 Å². The lowest BCUT2D eigenvalue weighted by Crippen LogP contribution is -2.39. The molecule has 0 aromatic heterocycles. The Labute approximate surface area is 240 Å². The van der Waals surface area contributed by atoms with Gasteiger partial charge in [0.05, 0.1) is 16.3 Å². The molecule has 0 spiro atoms. The quantitative estimate of drug-likeness (QED) is 0.183. The first-order valence-electron chi connectivity index (χ1n) is 13.5. The predicted octanol–water partition coefficient (Wildman–Crippen LogP) is 4.53. The first-order chi connectivity index (χ1) is 19.1. The van der Waals surface area contributed by atoms with Crippen molar-refractivity contribution in [3.63, 3.8) is 0 Å². The number of hydrogen-bond donors (Lipinski definition) is 2. The van der Waals surface area contributed by atoms with Crippen LogP contribution < -0.4 is 0 Å². The van der Waals surface area contributed by atoms with Crippen molar-refractivity contribution in [2.24, 2.45) is 17.8 Å². The number of nitrogens with zero attached hydrogens (tertiary/aromatic N) is 1. The number of ketones is 2. The number of amides is 2. The number of rotatable bonds is 9. The maximum Gasteiger partial charge on any atom is 0.303 e. The Morgan fingerprint density at radius 2 is 1.88 bits per heavy atom. The smallest absolute Gasteiger partial charge is 0.303 e. The Bertz CT molecular complexity index is 1430. The number of phenolic OH excluding ortho intramolecular Hbond substituents is 1. The SMILES string of the molecule is C=CCc1cccc([C@H]2C3=CC[C@@H]4C(=O)N(CCCCCC(=O)O)C(=O)[C@@H]4[C@@H]3CC3=C2C(=O)C=C(Br)C3=O)c1O. The van der Waals surface area contributed by atoms with E-state index in [9.17, 15) is 29.1 Å². The van der Waals surface area contributed by atoms with E-state index in [-0.39, 0.29) is 53.0 Å². The van der Waals surface area contributed by atoms with Gasteiger partial charge in [0.2, 0.25) is 11.8 Å². The molecular weight excluding hydrogens is 578 g/mol. The van der Waals surface area contributed by atoms with Gasteiger partial charge >= 0.3 is 5.97 Å². The monoisotopic (exact) mass is 607 g/mol. The molecule has 3 aliphatic carbocycles. The van der Waals surface area contributed by atoms with Gasteiger partial charge < -0.3 is 10.2 Å². The maximum atomic E-state index is 13.7. The van der Waals surface area contributed by atoms with Crippen LogP contribution in [-0.2, 0) is 30.4 Å². The lowest BCUT2D eigenvalue weighted by molar-refractivity contribution is -0.141. The number of phenols is 1. The van der Waals surface area contributed by atoms with Crippen LogP contribution in [0.1, 0.15) is 55.6 Å². The number of allylic oxidation sites excluding steroid dienone is 7. The number of imide groups is 1. The highest BCUT2D eigenvalue weighted by molar-refractivity contribution is 9.12. The number of aliphatic carboxylic acids is 1. The summed E-state index contributed by atoms with van der Waals surface area (Å²) in [6, 6.07) is 5.31. The molecular formula is C31H30BrNO7. The normalized spacial score (nSPS) is 25.8. The van der Waals surface area contributed by atoms with Crippen molar-refractivity contribution in [2.75, 3.05) is 6.54 Å². The zero-order valence-corrected chi connectivity index (χ0v) is 23.5. The van der Waals surface area contributed by atoms with E-state index in [0.717, 1.165) is 5.57 Å². The van der Waals surface area contributed by atoms with E-state index >= 15 is 0 Å². The highest BCUT2D eigenvalue weighted by atomic mass is 79.9. The summed E-state index contributed by atoms with van der Waals surface area (Å²) in [7, 11) is 0. The minimum atomic E-state index is -0.878. The van der Waals surface area contributed by atoms with E-state index in [1.54, 1.807) is 24.3 Å². The molecule has 1 aromatic carbocycles. The minimum Gasteiger partial charge on any atom is -0.507 e. The standard InChI is InChI=1S/C31H30BrNO7/c1-2-7-16-8-6-9-18(28(16)37)25-17-11-12-19-26(20(17)14-21-27(25)23(34)15-22(32)29(21)38)31(40)33(30(19)39)13-5-3-4-10-24(35)36/h2,6,8-9,11,15,19-20,25-26,37H,1,3-5,7,10,12-14H2,(H,35,36)/t19-,20+,25+,26-/m0/s1. The molecule has 5 rings (SSSR count). The summed E-state index contributed by atoms with van der Waals surface area (Å²) in [5.41, 5.74) is 2.53. The molecule has 9 heteroatoms. The molecule has 4 atom stereocenters. The second-order valence-corrected chi connectivity index (χ2v) is 11.6. The second kappa shape index (κ2) is 11.1. The van der Waals surface area contributed by atoms with Crippen LogP contribution in [0.2, 0.25) is 0 Å². The van der Waals surface area contributed by atoms with Gasteiger partial charge in [0.1, 0.15) is 5.75 Å². The molecule has 1 aliphatic heterocycles. The van der Waals surface area contributed by atoms with Crippen molar-refractivity contribution in [2.45, 2.75) is 50.9 Å². The number of aromatic hydroxyl groups is 1. The molecule has 1 fully saturated rings. The number of likely N-dealkylation sites (tertiary alicyclic amines) is 1. The van der Waals surface area contributed by atoms with E-state index in [1.807, 2.05) is 6.08 Å². The fraction of sp³-hybridized carbons (Fsp3) is 0.387. The molecule has 208 valence electrons. The van der Waals surface area contributed by atoms with Gasteiger partial charge in [-0.1, -0.05) is 42.3 Å². The molecule has 1 heterocycles. The van der Waals surface area contributed by atoms with Crippen LogP contribution in [0, 0.1) is 17.8 Å². The van der Waals surface area contributed by atoms with Gasteiger partial charge in [-0.2, -0.15) is 0 Å². The summed E-state index contributed by atoms with van der Waals surface area (Å²) in [5.74, 6) is -4.47. The van der Waals surface area contributed by atoms with E-state index in [0.29, 0.717) is 54.4 Å². The van der Waals surface area contributed by atoms with Crippen LogP contribution in [0.25, 0.3) is 0 Å². The minimum absolute atomic E-state index is 0.0219. The van der Waals surface area contributed by atoms with E-state index in [4.69, 9.17) is 5.11 Å². The number of para-hydroxylation sites is 1. The number of carboxylic acid groups (broad SMARTS) is 1. The molecule has 2 amide bonds. The fourth-order valence-corrected chi connectivity index (χ4v) is 7.18. The summed E-state index contributed by atoms with van der Waals surface area (Å²) in [4.78, 5) is 65.9. The summed E-state index contributed by atoms with van der Waals surface area (Å²) >= 11 is 3.22. The second-order valence-electron chi connectivity index (χ2n) is 10.8. The molecule has 1 aromatic rings. The Hall–Kier alpha value is -3.59. The first kappa shape index (κ1) is 28.0. The molecule has 1 saturated heterocycles. The number of carbonyl (C=O) groups is 5. The van der Waals surface area contributed by atoms with Crippen LogP contribution in [0.4, 0.5) is 0 Å². The number of halogens is 1. The average molecular weight is 608 g/mol. The molecule has 2 N–H and O–H groups in total. The molecule has 8 nitrogen and oxygen atoms in total. The number of carboxylic acids is 1. The van der Waals surface area contributed by atoms with Gasteiger partial charge in [0, 0.05) is 41.7 Å². The van der Waals surface area contributed by atoms with E-state index < -0.39 is 29.6 Å². The molecule has 4 aliphatic rings. The molecule has 0 radical (unpaired) electrons. The van der Waals surface area contributed by atoms with Gasteiger partial charge in [0.15, 0.2) is 11.6 Å². The number of hydrogen-bond acceptors (Lipinski definition) is 6. The third kappa shape index (κ3) is 4.70. The van der Waals surface area contributed by atoms with Crippen LogP contribution in [0.15, 0.2) is 64.2 Å². The summed E-state index contributed by atoms with van der Waals surface area (Å²) in [6.45, 7) is 3.98. The van der Waals surface area contributed by atoms with Crippen molar-refractivity contribution in [1.82, 2.24) is 4.90 Å². The number of unbranched alkanes of at least 4 members (excludes halogenated alkanes) is 2. The third-order valence-electron chi connectivity index (χ3n) is 8.52. The topological polar surface area (TPSA) is 129 Å². The Balaban J connectivity index is 1.53. The zero-order chi connectivity index (χ0) is 28.7. The molecule has 0 saturated carbocycles. The highest BCUT2D eigenvalue weighted by Gasteiger charge is 2.56. The van der Waals surface area contributed by atoms with Crippen LogP contribution in [0.3, 0.4) is 0 Å². The van der Waals surface area contributed by atoms with Crippen LogP contribution in [-0.4, -0.2) is 51.0 Å². The van der Waals surface area contributed by atoms with Crippen molar-refractivity contribution < 1.29 is 34.2 Å². The molecule has 40 heavy (non-hydrogen) atoms. The van der Waals surface area contributed by atoms with E-state index in [1.165, 1.54) is 11.0 Å². The van der Waals surface area contributed by atoms with Gasteiger partial charge in [-0.05, 0) is 59.5 Å².